The molecule has 0 unspecified atom stereocenters. The van der Waals surface area contributed by atoms with Crippen LogP contribution in [0, 0.1) is 12.7 Å². The highest BCUT2D eigenvalue weighted by Crippen LogP contribution is 2.26. The third-order valence-corrected chi connectivity index (χ3v) is 1.38. The Labute approximate surface area is 71.9 Å². The highest BCUT2D eigenvalue weighted by atomic mass is 19.4. The van der Waals surface area contributed by atoms with Crippen LogP contribution in [-0.2, 0) is 0 Å². The highest BCUT2D eigenvalue weighted by Gasteiger charge is 2.32. The molecule has 0 heterocycles. The van der Waals surface area contributed by atoms with E-state index in [1.54, 1.807) is 0 Å². The van der Waals surface area contributed by atoms with Crippen molar-refractivity contribution >= 4 is 0 Å². The molecular formula is C8H6F4O. The molecule has 0 N–H and O–H groups in total. The van der Waals surface area contributed by atoms with Gasteiger partial charge in [0.05, 0.1) is 0 Å². The van der Waals surface area contributed by atoms with Crippen LogP contribution in [0.25, 0.3) is 0 Å². The molecule has 1 nitrogen and oxygen atoms in total. The molecule has 1 aromatic carbocycles. The lowest BCUT2D eigenvalue weighted by atomic mass is 10.2. The smallest absolute Gasteiger partial charge is 0.403 e. The van der Waals surface area contributed by atoms with E-state index in [1.165, 1.54) is 19.1 Å². The van der Waals surface area contributed by atoms with Crippen LogP contribution in [0.5, 0.6) is 5.75 Å². The molecule has 0 aliphatic heterocycles. The largest absolute Gasteiger partial charge is 0.573 e. The predicted octanol–water partition coefficient (Wildman–Crippen LogP) is 3.03. The Morgan fingerprint density at radius 1 is 1.23 bits per heavy atom. The minimum Gasteiger partial charge on any atom is -0.403 e. The maximum atomic E-state index is 12.9. The molecular weight excluding hydrogens is 188 g/mol. The fraction of sp³-hybridized carbons (Fsp3) is 0.250. The number of benzene rings is 1. The van der Waals surface area contributed by atoms with Crippen molar-refractivity contribution in [3.8, 4) is 5.75 Å². The molecule has 0 amide bonds. The SMILES string of the molecule is Cc1cccc(OC(F)(F)F)c1F. The summed E-state index contributed by atoms with van der Waals surface area (Å²) in [5.74, 6) is -1.78. The van der Waals surface area contributed by atoms with Crippen LogP contribution in [0.3, 0.4) is 0 Å². The van der Waals surface area contributed by atoms with Gasteiger partial charge in [0.25, 0.3) is 0 Å². The van der Waals surface area contributed by atoms with E-state index in [2.05, 4.69) is 4.74 Å². The van der Waals surface area contributed by atoms with Gasteiger partial charge >= 0.3 is 6.36 Å². The maximum absolute atomic E-state index is 12.9. The summed E-state index contributed by atoms with van der Waals surface area (Å²) in [6.45, 7) is 1.36. The van der Waals surface area contributed by atoms with Crippen molar-refractivity contribution in [1.29, 1.82) is 0 Å². The molecule has 0 aliphatic rings. The second kappa shape index (κ2) is 3.24. The number of rotatable bonds is 1. The van der Waals surface area contributed by atoms with Gasteiger partial charge in [-0.25, -0.2) is 4.39 Å². The molecule has 72 valence electrons. The fourth-order valence-corrected chi connectivity index (χ4v) is 0.824. The molecule has 13 heavy (non-hydrogen) atoms. The second-order valence-electron chi connectivity index (χ2n) is 2.43. The molecule has 0 saturated heterocycles. The minimum atomic E-state index is -4.85. The summed E-state index contributed by atoms with van der Waals surface area (Å²) < 4.78 is 51.3. The van der Waals surface area contributed by atoms with Crippen molar-refractivity contribution in [2.75, 3.05) is 0 Å². The summed E-state index contributed by atoms with van der Waals surface area (Å²) in [5, 5.41) is 0. The summed E-state index contributed by atoms with van der Waals surface area (Å²) in [4.78, 5) is 0. The summed E-state index contributed by atoms with van der Waals surface area (Å²) in [5.41, 5.74) is 0.113. The first-order chi connectivity index (χ1) is 5.90. The lowest BCUT2D eigenvalue weighted by Gasteiger charge is -2.09. The van der Waals surface area contributed by atoms with Gasteiger partial charge in [0.2, 0.25) is 0 Å². The van der Waals surface area contributed by atoms with Gasteiger partial charge < -0.3 is 4.74 Å². The molecule has 0 aromatic heterocycles. The molecule has 5 heteroatoms. The lowest BCUT2D eigenvalue weighted by molar-refractivity contribution is -0.275. The lowest BCUT2D eigenvalue weighted by Crippen LogP contribution is -2.18. The van der Waals surface area contributed by atoms with E-state index in [0.29, 0.717) is 0 Å². The van der Waals surface area contributed by atoms with E-state index >= 15 is 0 Å². The van der Waals surface area contributed by atoms with Gasteiger partial charge in [-0.3, -0.25) is 0 Å². The molecule has 1 rings (SSSR count). The van der Waals surface area contributed by atoms with Crippen LogP contribution < -0.4 is 4.74 Å². The van der Waals surface area contributed by atoms with Crippen molar-refractivity contribution in [3.05, 3.63) is 29.6 Å². The zero-order valence-electron chi connectivity index (χ0n) is 6.65. The third-order valence-electron chi connectivity index (χ3n) is 1.38. The maximum Gasteiger partial charge on any atom is 0.573 e. The average Bonchev–Trinajstić information content (AvgIpc) is 1.96. The van der Waals surface area contributed by atoms with Gasteiger partial charge in [-0.15, -0.1) is 13.2 Å². The Balaban J connectivity index is 2.96. The summed E-state index contributed by atoms with van der Waals surface area (Å²) in [7, 11) is 0. The van der Waals surface area contributed by atoms with Crippen LogP contribution in [0.4, 0.5) is 17.6 Å². The Kier molecular flexibility index (Phi) is 2.45. The van der Waals surface area contributed by atoms with Gasteiger partial charge in [0.1, 0.15) is 0 Å². The van der Waals surface area contributed by atoms with Crippen molar-refractivity contribution in [1.82, 2.24) is 0 Å². The molecule has 0 spiro atoms. The quantitative estimate of drug-likeness (QED) is 0.624. The number of alkyl halides is 3. The Morgan fingerprint density at radius 2 is 1.85 bits per heavy atom. The molecule has 0 aliphatic carbocycles. The molecule has 0 radical (unpaired) electrons. The number of halogens is 4. The topological polar surface area (TPSA) is 9.23 Å². The number of hydrogen-bond donors (Lipinski definition) is 0. The fourth-order valence-electron chi connectivity index (χ4n) is 0.824. The first kappa shape index (κ1) is 9.83. The molecule has 0 atom stereocenters. The number of ether oxygens (including phenoxy) is 1. The second-order valence-corrected chi connectivity index (χ2v) is 2.43. The average molecular weight is 194 g/mol. The first-order valence-corrected chi connectivity index (χ1v) is 3.41. The Morgan fingerprint density at radius 3 is 2.38 bits per heavy atom. The van der Waals surface area contributed by atoms with Crippen LogP contribution in [0.2, 0.25) is 0 Å². The van der Waals surface area contributed by atoms with Gasteiger partial charge in [-0.05, 0) is 18.6 Å². The van der Waals surface area contributed by atoms with Gasteiger partial charge in [-0.2, -0.15) is 0 Å². The number of aryl methyl sites for hydroxylation is 1. The number of hydrogen-bond acceptors (Lipinski definition) is 1. The van der Waals surface area contributed by atoms with Crippen LogP contribution >= 0.6 is 0 Å². The zero-order chi connectivity index (χ0) is 10.1. The van der Waals surface area contributed by atoms with E-state index in [4.69, 9.17) is 0 Å². The summed E-state index contributed by atoms with van der Waals surface area (Å²) in [6, 6.07) is 3.58. The Bertz CT molecular complexity index is 306. The van der Waals surface area contributed by atoms with Crippen LogP contribution in [0.15, 0.2) is 18.2 Å². The normalized spacial score (nSPS) is 11.5. The predicted molar refractivity (Wildman–Crippen MR) is 37.8 cm³/mol. The summed E-state index contributed by atoms with van der Waals surface area (Å²) in [6.07, 6.45) is -4.85. The van der Waals surface area contributed by atoms with E-state index in [9.17, 15) is 17.6 Å². The van der Waals surface area contributed by atoms with Crippen molar-refractivity contribution in [3.63, 3.8) is 0 Å². The minimum absolute atomic E-state index is 0.113. The summed E-state index contributed by atoms with van der Waals surface area (Å²) >= 11 is 0. The van der Waals surface area contributed by atoms with E-state index in [0.717, 1.165) is 6.07 Å². The van der Waals surface area contributed by atoms with Gasteiger partial charge in [0, 0.05) is 0 Å². The third kappa shape index (κ3) is 2.61. The monoisotopic (exact) mass is 194 g/mol. The van der Waals surface area contributed by atoms with Crippen molar-refractivity contribution in [2.45, 2.75) is 13.3 Å². The molecule has 0 fully saturated rings. The first-order valence-electron chi connectivity index (χ1n) is 3.41. The molecule has 0 saturated carbocycles. The standard InChI is InChI=1S/C8H6F4O/c1-5-3-2-4-6(7(5)9)13-8(10,11)12/h2-4H,1H3. The Hall–Kier alpha value is -1.26. The van der Waals surface area contributed by atoms with Crippen molar-refractivity contribution < 1.29 is 22.3 Å². The van der Waals surface area contributed by atoms with Crippen molar-refractivity contribution in [2.24, 2.45) is 0 Å². The van der Waals surface area contributed by atoms with E-state index < -0.39 is 17.9 Å². The van der Waals surface area contributed by atoms with Crippen LogP contribution in [0.1, 0.15) is 5.56 Å². The highest BCUT2D eigenvalue weighted by molar-refractivity contribution is 5.30. The van der Waals surface area contributed by atoms with E-state index in [-0.39, 0.29) is 5.56 Å². The molecule has 0 bridgehead atoms. The zero-order valence-corrected chi connectivity index (χ0v) is 6.65. The molecule has 1 aromatic rings. The van der Waals surface area contributed by atoms with Gasteiger partial charge in [0.15, 0.2) is 11.6 Å². The van der Waals surface area contributed by atoms with E-state index in [1.807, 2.05) is 0 Å². The van der Waals surface area contributed by atoms with Crippen LogP contribution in [-0.4, -0.2) is 6.36 Å². The van der Waals surface area contributed by atoms with Gasteiger partial charge in [-0.1, -0.05) is 12.1 Å².